The number of aromatic carboxylic acids is 1. The predicted molar refractivity (Wildman–Crippen MR) is 78.4 cm³/mol. The standard InChI is InChI=1S/C16H11ClO3/c1-9-2-3-10(16(18)19)7-13(9)15-8-11-6-12(17)4-5-14(11)20-15/h2-8H,1H3,(H,18,19). The van der Waals surface area contributed by atoms with E-state index in [0.29, 0.717) is 10.8 Å². The molecule has 0 amide bonds. The Morgan fingerprint density at radius 2 is 1.95 bits per heavy atom. The second kappa shape index (κ2) is 4.69. The third kappa shape index (κ3) is 2.17. The van der Waals surface area contributed by atoms with Crippen molar-refractivity contribution >= 4 is 28.5 Å². The van der Waals surface area contributed by atoms with Crippen molar-refractivity contribution in [1.82, 2.24) is 0 Å². The molecule has 0 spiro atoms. The van der Waals surface area contributed by atoms with E-state index in [4.69, 9.17) is 21.1 Å². The molecule has 3 nitrogen and oxygen atoms in total. The van der Waals surface area contributed by atoms with Gasteiger partial charge in [-0.1, -0.05) is 17.7 Å². The molecule has 0 bridgehead atoms. The minimum absolute atomic E-state index is 0.240. The number of carboxylic acid groups (broad SMARTS) is 1. The number of benzene rings is 2. The third-order valence-corrected chi connectivity index (χ3v) is 3.46. The highest BCUT2D eigenvalue weighted by Gasteiger charge is 2.12. The average Bonchev–Trinajstić information content (AvgIpc) is 2.81. The van der Waals surface area contributed by atoms with Crippen molar-refractivity contribution in [2.45, 2.75) is 6.92 Å². The van der Waals surface area contributed by atoms with Crippen molar-refractivity contribution in [2.75, 3.05) is 0 Å². The van der Waals surface area contributed by atoms with Crippen LogP contribution in [0.2, 0.25) is 5.02 Å². The number of carbonyl (C=O) groups is 1. The molecule has 1 aromatic heterocycles. The summed E-state index contributed by atoms with van der Waals surface area (Å²) in [6, 6.07) is 12.2. The van der Waals surface area contributed by atoms with Crippen LogP contribution in [0.1, 0.15) is 15.9 Å². The van der Waals surface area contributed by atoms with E-state index in [-0.39, 0.29) is 5.56 Å². The maximum atomic E-state index is 11.1. The summed E-state index contributed by atoms with van der Waals surface area (Å²) < 4.78 is 5.77. The molecular formula is C16H11ClO3. The number of carboxylic acids is 1. The van der Waals surface area contributed by atoms with Gasteiger partial charge in [0.2, 0.25) is 0 Å². The number of rotatable bonds is 2. The molecule has 0 atom stereocenters. The lowest BCUT2D eigenvalue weighted by atomic mass is 10.0. The van der Waals surface area contributed by atoms with E-state index in [1.165, 1.54) is 0 Å². The van der Waals surface area contributed by atoms with Crippen molar-refractivity contribution < 1.29 is 14.3 Å². The first-order valence-electron chi connectivity index (χ1n) is 6.08. The van der Waals surface area contributed by atoms with Crippen molar-refractivity contribution in [1.29, 1.82) is 0 Å². The van der Waals surface area contributed by atoms with Crippen molar-refractivity contribution in [2.24, 2.45) is 0 Å². The van der Waals surface area contributed by atoms with Gasteiger partial charge in [0.1, 0.15) is 11.3 Å². The Morgan fingerprint density at radius 1 is 1.15 bits per heavy atom. The SMILES string of the molecule is Cc1ccc(C(=O)O)cc1-c1cc2cc(Cl)ccc2o1. The summed E-state index contributed by atoms with van der Waals surface area (Å²) in [6.45, 7) is 1.92. The molecule has 0 saturated carbocycles. The molecule has 0 radical (unpaired) electrons. The van der Waals surface area contributed by atoms with Gasteiger partial charge in [-0.25, -0.2) is 4.79 Å². The van der Waals surface area contributed by atoms with E-state index < -0.39 is 5.97 Å². The van der Waals surface area contributed by atoms with Crippen LogP contribution in [0.25, 0.3) is 22.3 Å². The zero-order valence-corrected chi connectivity index (χ0v) is 11.4. The van der Waals surface area contributed by atoms with Crippen LogP contribution in [0.15, 0.2) is 46.9 Å². The Balaban J connectivity index is 2.19. The highest BCUT2D eigenvalue weighted by molar-refractivity contribution is 6.31. The summed E-state index contributed by atoms with van der Waals surface area (Å²) in [4.78, 5) is 11.1. The van der Waals surface area contributed by atoms with E-state index in [9.17, 15) is 4.79 Å². The topological polar surface area (TPSA) is 50.4 Å². The van der Waals surface area contributed by atoms with Gasteiger partial charge in [-0.15, -0.1) is 0 Å². The summed E-state index contributed by atoms with van der Waals surface area (Å²) >= 11 is 5.95. The monoisotopic (exact) mass is 286 g/mol. The van der Waals surface area contributed by atoms with Gasteiger partial charge in [-0.2, -0.15) is 0 Å². The number of halogens is 1. The van der Waals surface area contributed by atoms with Crippen LogP contribution in [0.5, 0.6) is 0 Å². The summed E-state index contributed by atoms with van der Waals surface area (Å²) in [5, 5.41) is 10.6. The fourth-order valence-electron chi connectivity index (χ4n) is 2.17. The van der Waals surface area contributed by atoms with E-state index in [1.54, 1.807) is 30.3 Å². The summed E-state index contributed by atoms with van der Waals surface area (Å²) in [5.74, 6) is -0.312. The lowest BCUT2D eigenvalue weighted by Gasteiger charge is -2.03. The molecule has 0 aliphatic heterocycles. The molecule has 0 saturated heterocycles. The lowest BCUT2D eigenvalue weighted by Crippen LogP contribution is -1.96. The molecule has 0 aliphatic rings. The van der Waals surface area contributed by atoms with Gasteiger partial charge < -0.3 is 9.52 Å². The van der Waals surface area contributed by atoms with Gasteiger partial charge in [0.05, 0.1) is 5.56 Å². The van der Waals surface area contributed by atoms with Crippen LogP contribution in [-0.2, 0) is 0 Å². The van der Waals surface area contributed by atoms with Crippen molar-refractivity contribution in [3.05, 3.63) is 58.6 Å². The number of hydrogen-bond acceptors (Lipinski definition) is 2. The van der Waals surface area contributed by atoms with Gasteiger partial charge in [0.15, 0.2) is 0 Å². The average molecular weight is 287 g/mol. The van der Waals surface area contributed by atoms with E-state index >= 15 is 0 Å². The van der Waals surface area contributed by atoms with Crippen LogP contribution in [0.4, 0.5) is 0 Å². The first-order chi connectivity index (χ1) is 9.54. The Morgan fingerprint density at radius 3 is 2.70 bits per heavy atom. The van der Waals surface area contributed by atoms with Crippen LogP contribution >= 0.6 is 11.6 Å². The highest BCUT2D eigenvalue weighted by Crippen LogP contribution is 2.31. The molecule has 0 fully saturated rings. The molecule has 100 valence electrons. The quantitative estimate of drug-likeness (QED) is 0.739. The van der Waals surface area contributed by atoms with E-state index in [0.717, 1.165) is 22.1 Å². The van der Waals surface area contributed by atoms with Crippen LogP contribution in [-0.4, -0.2) is 11.1 Å². The van der Waals surface area contributed by atoms with Crippen LogP contribution in [0, 0.1) is 6.92 Å². The van der Waals surface area contributed by atoms with Gasteiger partial charge >= 0.3 is 5.97 Å². The molecule has 1 heterocycles. The molecule has 0 unspecified atom stereocenters. The molecule has 2 aromatic carbocycles. The minimum atomic E-state index is -0.953. The van der Waals surface area contributed by atoms with E-state index in [2.05, 4.69) is 0 Å². The fraction of sp³-hybridized carbons (Fsp3) is 0.0625. The number of aryl methyl sites for hydroxylation is 1. The highest BCUT2D eigenvalue weighted by atomic mass is 35.5. The van der Waals surface area contributed by atoms with Gasteiger partial charge in [-0.3, -0.25) is 0 Å². The Kier molecular flexibility index (Phi) is 2.99. The molecule has 0 aliphatic carbocycles. The Hall–Kier alpha value is -2.26. The molecule has 1 N–H and O–H groups in total. The van der Waals surface area contributed by atoms with Crippen LogP contribution in [0.3, 0.4) is 0 Å². The number of fused-ring (bicyclic) bond motifs is 1. The smallest absolute Gasteiger partial charge is 0.335 e. The Bertz CT molecular complexity index is 818. The summed E-state index contributed by atoms with van der Waals surface area (Å²) in [6.07, 6.45) is 0. The van der Waals surface area contributed by atoms with Crippen LogP contribution < -0.4 is 0 Å². The number of hydrogen-bond donors (Lipinski definition) is 1. The predicted octanol–water partition coefficient (Wildman–Crippen LogP) is 4.76. The molecular weight excluding hydrogens is 276 g/mol. The maximum absolute atomic E-state index is 11.1. The van der Waals surface area contributed by atoms with Crippen molar-refractivity contribution in [3.8, 4) is 11.3 Å². The zero-order chi connectivity index (χ0) is 14.3. The second-order valence-corrected chi connectivity index (χ2v) is 5.06. The lowest BCUT2D eigenvalue weighted by molar-refractivity contribution is 0.0697. The molecule has 3 aromatic rings. The summed E-state index contributed by atoms with van der Waals surface area (Å²) in [7, 11) is 0. The Labute approximate surface area is 120 Å². The largest absolute Gasteiger partial charge is 0.478 e. The molecule has 3 rings (SSSR count). The fourth-order valence-corrected chi connectivity index (χ4v) is 2.35. The van der Waals surface area contributed by atoms with Gasteiger partial charge in [0.25, 0.3) is 0 Å². The minimum Gasteiger partial charge on any atom is -0.478 e. The normalized spacial score (nSPS) is 10.9. The maximum Gasteiger partial charge on any atom is 0.335 e. The van der Waals surface area contributed by atoms with Crippen molar-refractivity contribution in [3.63, 3.8) is 0 Å². The molecule has 20 heavy (non-hydrogen) atoms. The summed E-state index contributed by atoms with van der Waals surface area (Å²) in [5.41, 5.74) is 2.70. The first-order valence-corrected chi connectivity index (χ1v) is 6.46. The molecule has 4 heteroatoms. The number of furan rings is 1. The first kappa shape index (κ1) is 12.8. The third-order valence-electron chi connectivity index (χ3n) is 3.23. The van der Waals surface area contributed by atoms with E-state index in [1.807, 2.05) is 19.1 Å². The zero-order valence-electron chi connectivity index (χ0n) is 10.7. The second-order valence-electron chi connectivity index (χ2n) is 4.63. The van der Waals surface area contributed by atoms with Gasteiger partial charge in [-0.05, 0) is 48.9 Å². The van der Waals surface area contributed by atoms with Gasteiger partial charge in [0, 0.05) is 16.0 Å².